The SMILES string of the molecule is CCCC1CN(C(CCC)CC(=O)O)C1. The summed E-state index contributed by atoms with van der Waals surface area (Å²) < 4.78 is 0. The molecule has 1 rings (SSSR count). The minimum absolute atomic E-state index is 0.278. The fraction of sp³-hybridized carbons (Fsp3) is 0.917. The Hall–Kier alpha value is -0.570. The Bertz CT molecular complexity index is 200. The van der Waals surface area contributed by atoms with Crippen molar-refractivity contribution >= 4 is 5.97 Å². The molecule has 0 amide bonds. The van der Waals surface area contributed by atoms with Crippen molar-refractivity contribution in [3.63, 3.8) is 0 Å². The summed E-state index contributed by atoms with van der Waals surface area (Å²) in [6, 6.07) is 0.278. The topological polar surface area (TPSA) is 40.5 Å². The van der Waals surface area contributed by atoms with E-state index in [1.165, 1.54) is 12.8 Å². The third-order valence-corrected chi connectivity index (χ3v) is 3.23. The Morgan fingerprint density at radius 3 is 2.53 bits per heavy atom. The van der Waals surface area contributed by atoms with Crippen LogP contribution in [0.5, 0.6) is 0 Å². The molecule has 1 unspecified atom stereocenters. The first-order valence-corrected chi connectivity index (χ1v) is 6.13. The Morgan fingerprint density at radius 1 is 1.40 bits per heavy atom. The van der Waals surface area contributed by atoms with Gasteiger partial charge in [-0.25, -0.2) is 0 Å². The van der Waals surface area contributed by atoms with Crippen molar-refractivity contribution in [1.82, 2.24) is 4.90 Å². The predicted molar refractivity (Wildman–Crippen MR) is 60.9 cm³/mol. The highest BCUT2D eigenvalue weighted by Gasteiger charge is 2.31. The summed E-state index contributed by atoms with van der Waals surface area (Å²) in [4.78, 5) is 13.1. The van der Waals surface area contributed by atoms with Gasteiger partial charge in [0.15, 0.2) is 0 Å². The first-order valence-electron chi connectivity index (χ1n) is 6.13. The van der Waals surface area contributed by atoms with Crippen LogP contribution >= 0.6 is 0 Å². The molecule has 0 aromatic carbocycles. The highest BCUT2D eigenvalue weighted by atomic mass is 16.4. The van der Waals surface area contributed by atoms with Gasteiger partial charge in [-0.15, -0.1) is 0 Å². The van der Waals surface area contributed by atoms with Crippen molar-refractivity contribution in [3.8, 4) is 0 Å². The summed E-state index contributed by atoms with van der Waals surface area (Å²) in [6.45, 7) is 6.57. The molecule has 0 aliphatic carbocycles. The van der Waals surface area contributed by atoms with E-state index in [-0.39, 0.29) is 6.04 Å². The smallest absolute Gasteiger partial charge is 0.304 e. The van der Waals surface area contributed by atoms with E-state index < -0.39 is 5.97 Å². The van der Waals surface area contributed by atoms with Gasteiger partial charge in [0.2, 0.25) is 0 Å². The number of hydrogen-bond acceptors (Lipinski definition) is 2. The Morgan fingerprint density at radius 2 is 2.07 bits per heavy atom. The molecule has 3 nitrogen and oxygen atoms in total. The van der Waals surface area contributed by atoms with Gasteiger partial charge in [-0.3, -0.25) is 9.69 Å². The fourth-order valence-electron chi connectivity index (χ4n) is 2.45. The largest absolute Gasteiger partial charge is 0.481 e. The van der Waals surface area contributed by atoms with Crippen molar-refractivity contribution in [3.05, 3.63) is 0 Å². The third kappa shape index (κ3) is 3.82. The maximum atomic E-state index is 10.7. The number of carboxylic acids is 1. The second kappa shape index (κ2) is 6.11. The summed E-state index contributed by atoms with van der Waals surface area (Å²) in [6.07, 6.45) is 4.95. The molecule has 1 N–H and O–H groups in total. The second-order valence-corrected chi connectivity index (χ2v) is 4.65. The van der Waals surface area contributed by atoms with Crippen LogP contribution in [0.4, 0.5) is 0 Å². The summed E-state index contributed by atoms with van der Waals surface area (Å²) in [5, 5.41) is 8.82. The third-order valence-electron chi connectivity index (χ3n) is 3.23. The molecule has 0 radical (unpaired) electrons. The number of aliphatic carboxylic acids is 1. The van der Waals surface area contributed by atoms with Crippen molar-refractivity contribution in [2.45, 2.75) is 52.0 Å². The number of likely N-dealkylation sites (tertiary alicyclic amines) is 1. The first kappa shape index (κ1) is 12.5. The van der Waals surface area contributed by atoms with E-state index >= 15 is 0 Å². The summed E-state index contributed by atoms with van der Waals surface area (Å²) >= 11 is 0. The van der Waals surface area contributed by atoms with Gasteiger partial charge < -0.3 is 5.11 Å². The standard InChI is InChI=1S/C12H23NO2/c1-3-5-10-8-13(9-10)11(6-4-2)7-12(14)15/h10-11H,3-9H2,1-2H3,(H,14,15). The van der Waals surface area contributed by atoms with E-state index in [1.54, 1.807) is 0 Å². The Labute approximate surface area is 92.5 Å². The van der Waals surface area contributed by atoms with Crippen LogP contribution in [0.2, 0.25) is 0 Å². The van der Waals surface area contributed by atoms with Gasteiger partial charge in [-0.1, -0.05) is 26.7 Å². The number of nitrogens with zero attached hydrogens (tertiary/aromatic N) is 1. The molecule has 88 valence electrons. The van der Waals surface area contributed by atoms with Gasteiger partial charge in [-0.05, 0) is 18.8 Å². The van der Waals surface area contributed by atoms with Crippen LogP contribution in [0.3, 0.4) is 0 Å². The van der Waals surface area contributed by atoms with E-state index in [0.29, 0.717) is 6.42 Å². The number of carboxylic acid groups (broad SMARTS) is 1. The average Bonchev–Trinajstić information content (AvgIpc) is 2.09. The number of carbonyl (C=O) groups is 1. The van der Waals surface area contributed by atoms with Gasteiger partial charge in [0, 0.05) is 19.1 Å². The number of rotatable bonds is 7. The monoisotopic (exact) mass is 213 g/mol. The highest BCUT2D eigenvalue weighted by Crippen LogP contribution is 2.25. The average molecular weight is 213 g/mol. The Kier molecular flexibility index (Phi) is 5.09. The maximum absolute atomic E-state index is 10.7. The zero-order valence-corrected chi connectivity index (χ0v) is 9.91. The first-order chi connectivity index (χ1) is 7.17. The molecule has 3 heteroatoms. The van der Waals surface area contributed by atoms with E-state index in [4.69, 9.17) is 5.11 Å². The minimum Gasteiger partial charge on any atom is -0.481 e. The molecular weight excluding hydrogens is 190 g/mol. The molecule has 0 spiro atoms. The van der Waals surface area contributed by atoms with Gasteiger partial charge in [0.1, 0.15) is 0 Å². The molecule has 0 saturated carbocycles. The molecule has 15 heavy (non-hydrogen) atoms. The van der Waals surface area contributed by atoms with Gasteiger partial charge in [0.25, 0.3) is 0 Å². The van der Waals surface area contributed by atoms with E-state index in [2.05, 4.69) is 18.7 Å². The summed E-state index contributed by atoms with van der Waals surface area (Å²) in [5.74, 6) is 0.163. The van der Waals surface area contributed by atoms with Crippen molar-refractivity contribution in [1.29, 1.82) is 0 Å². The molecule has 0 aromatic heterocycles. The van der Waals surface area contributed by atoms with Crippen LogP contribution in [0.15, 0.2) is 0 Å². The second-order valence-electron chi connectivity index (χ2n) is 4.65. The van der Waals surface area contributed by atoms with E-state index in [0.717, 1.165) is 31.8 Å². The van der Waals surface area contributed by atoms with Gasteiger partial charge in [-0.2, -0.15) is 0 Å². The molecule has 0 aromatic rings. The van der Waals surface area contributed by atoms with Crippen LogP contribution in [-0.2, 0) is 4.79 Å². The molecule has 1 fully saturated rings. The quantitative estimate of drug-likeness (QED) is 0.705. The molecule has 1 heterocycles. The van der Waals surface area contributed by atoms with E-state index in [1.807, 2.05) is 0 Å². The molecule has 1 aliphatic rings. The fourth-order valence-corrected chi connectivity index (χ4v) is 2.45. The van der Waals surface area contributed by atoms with Crippen molar-refractivity contribution in [2.24, 2.45) is 5.92 Å². The summed E-state index contributed by atoms with van der Waals surface area (Å²) in [7, 11) is 0. The highest BCUT2D eigenvalue weighted by molar-refractivity contribution is 5.67. The van der Waals surface area contributed by atoms with Crippen LogP contribution < -0.4 is 0 Å². The normalized spacial score (nSPS) is 19.9. The predicted octanol–water partition coefficient (Wildman–Crippen LogP) is 2.36. The number of hydrogen-bond donors (Lipinski definition) is 1. The minimum atomic E-state index is -0.660. The lowest BCUT2D eigenvalue weighted by Gasteiger charge is -2.44. The molecule has 1 atom stereocenters. The summed E-state index contributed by atoms with van der Waals surface area (Å²) in [5.41, 5.74) is 0. The zero-order valence-electron chi connectivity index (χ0n) is 9.91. The van der Waals surface area contributed by atoms with E-state index in [9.17, 15) is 4.79 Å². The van der Waals surface area contributed by atoms with Crippen LogP contribution in [-0.4, -0.2) is 35.1 Å². The maximum Gasteiger partial charge on any atom is 0.304 e. The van der Waals surface area contributed by atoms with Crippen LogP contribution in [0.25, 0.3) is 0 Å². The molecule has 0 bridgehead atoms. The lowest BCUT2D eigenvalue weighted by molar-refractivity contribution is -0.139. The van der Waals surface area contributed by atoms with Gasteiger partial charge in [0.05, 0.1) is 6.42 Å². The molecule has 1 saturated heterocycles. The van der Waals surface area contributed by atoms with Crippen molar-refractivity contribution in [2.75, 3.05) is 13.1 Å². The molecular formula is C12H23NO2. The Balaban J connectivity index is 2.29. The lowest BCUT2D eigenvalue weighted by atomic mass is 9.91. The lowest BCUT2D eigenvalue weighted by Crippen LogP contribution is -2.52. The van der Waals surface area contributed by atoms with Crippen LogP contribution in [0.1, 0.15) is 46.0 Å². The van der Waals surface area contributed by atoms with Crippen molar-refractivity contribution < 1.29 is 9.90 Å². The van der Waals surface area contributed by atoms with Gasteiger partial charge >= 0.3 is 5.97 Å². The zero-order chi connectivity index (χ0) is 11.3. The molecule has 1 aliphatic heterocycles. The van der Waals surface area contributed by atoms with Crippen LogP contribution in [0, 0.1) is 5.92 Å².